The van der Waals surface area contributed by atoms with Crippen molar-refractivity contribution < 1.29 is 0 Å². The van der Waals surface area contributed by atoms with Gasteiger partial charge < -0.3 is 10.2 Å². The van der Waals surface area contributed by atoms with Gasteiger partial charge in [-0.1, -0.05) is 18.2 Å². The zero-order valence-corrected chi connectivity index (χ0v) is 15.9. The van der Waals surface area contributed by atoms with E-state index in [4.69, 9.17) is 0 Å². The van der Waals surface area contributed by atoms with Crippen LogP contribution < -0.4 is 10.2 Å². The van der Waals surface area contributed by atoms with Gasteiger partial charge in [-0.05, 0) is 53.6 Å². The van der Waals surface area contributed by atoms with Gasteiger partial charge in [0.05, 0.1) is 0 Å². The highest BCUT2D eigenvalue weighted by molar-refractivity contribution is 7.17. The van der Waals surface area contributed by atoms with Crippen molar-refractivity contribution >= 4 is 32.8 Å². The number of piperazine rings is 1. The predicted molar refractivity (Wildman–Crippen MR) is 113 cm³/mol. The summed E-state index contributed by atoms with van der Waals surface area (Å²) >= 11 is 1.84. The van der Waals surface area contributed by atoms with Gasteiger partial charge in [0.25, 0.3) is 0 Å². The second kappa shape index (κ2) is 6.93. The Labute approximate surface area is 159 Å². The SMILES string of the molecule is c1cc(N2CCN(CCc3ccc4c(c3)CCN4)CC2)c2ccsc2c1. The maximum Gasteiger partial charge on any atom is 0.0455 e. The molecule has 0 saturated carbocycles. The molecule has 1 N–H and O–H groups in total. The first-order valence-electron chi connectivity index (χ1n) is 9.66. The summed E-state index contributed by atoms with van der Waals surface area (Å²) in [4.78, 5) is 5.18. The van der Waals surface area contributed by atoms with Crippen molar-refractivity contribution in [3.63, 3.8) is 0 Å². The van der Waals surface area contributed by atoms with Crippen molar-refractivity contribution in [1.29, 1.82) is 0 Å². The third-order valence-electron chi connectivity index (χ3n) is 5.78. The molecular formula is C22H25N3S. The second-order valence-corrected chi connectivity index (χ2v) is 8.30. The molecule has 1 aromatic heterocycles. The molecule has 3 aromatic rings. The average molecular weight is 364 g/mol. The molecule has 4 heteroatoms. The van der Waals surface area contributed by atoms with E-state index in [1.165, 1.54) is 45.6 Å². The molecule has 1 saturated heterocycles. The van der Waals surface area contributed by atoms with Gasteiger partial charge in [-0.3, -0.25) is 4.90 Å². The van der Waals surface area contributed by atoms with E-state index in [-0.39, 0.29) is 0 Å². The fourth-order valence-electron chi connectivity index (χ4n) is 4.27. The van der Waals surface area contributed by atoms with Crippen LogP contribution >= 0.6 is 11.3 Å². The molecule has 0 radical (unpaired) electrons. The predicted octanol–water partition coefficient (Wildman–Crippen LogP) is 4.23. The molecule has 3 nitrogen and oxygen atoms in total. The molecular weight excluding hydrogens is 338 g/mol. The lowest BCUT2D eigenvalue weighted by Gasteiger charge is -2.36. The van der Waals surface area contributed by atoms with Gasteiger partial charge >= 0.3 is 0 Å². The lowest BCUT2D eigenvalue weighted by Crippen LogP contribution is -2.47. The molecule has 2 aliphatic rings. The molecule has 0 bridgehead atoms. The number of benzene rings is 2. The van der Waals surface area contributed by atoms with Crippen LogP contribution in [0.25, 0.3) is 10.1 Å². The molecule has 1 fully saturated rings. The normalized spacial score (nSPS) is 17.5. The van der Waals surface area contributed by atoms with E-state index in [1.807, 2.05) is 11.3 Å². The second-order valence-electron chi connectivity index (χ2n) is 7.36. The van der Waals surface area contributed by atoms with Crippen LogP contribution in [0.3, 0.4) is 0 Å². The Balaban J connectivity index is 1.19. The van der Waals surface area contributed by atoms with Crippen molar-refractivity contribution in [3.8, 4) is 0 Å². The number of nitrogens with zero attached hydrogens (tertiary/aromatic N) is 2. The van der Waals surface area contributed by atoms with Crippen LogP contribution in [-0.4, -0.2) is 44.2 Å². The van der Waals surface area contributed by atoms with E-state index in [0.717, 1.165) is 39.1 Å². The minimum Gasteiger partial charge on any atom is -0.384 e. The van der Waals surface area contributed by atoms with E-state index in [0.29, 0.717) is 0 Å². The summed E-state index contributed by atoms with van der Waals surface area (Å²) in [5.74, 6) is 0. The maximum absolute atomic E-state index is 3.45. The summed E-state index contributed by atoms with van der Waals surface area (Å²) in [5.41, 5.74) is 5.73. The molecule has 0 spiro atoms. The molecule has 0 amide bonds. The van der Waals surface area contributed by atoms with Crippen molar-refractivity contribution in [2.75, 3.05) is 49.5 Å². The van der Waals surface area contributed by atoms with Crippen LogP contribution in [0.4, 0.5) is 11.4 Å². The van der Waals surface area contributed by atoms with Gasteiger partial charge in [-0.15, -0.1) is 11.3 Å². The van der Waals surface area contributed by atoms with E-state index in [9.17, 15) is 0 Å². The van der Waals surface area contributed by atoms with Crippen LogP contribution in [-0.2, 0) is 12.8 Å². The summed E-state index contributed by atoms with van der Waals surface area (Å²) in [7, 11) is 0. The molecule has 5 rings (SSSR count). The van der Waals surface area contributed by atoms with Crippen molar-refractivity contribution in [2.45, 2.75) is 12.8 Å². The fourth-order valence-corrected chi connectivity index (χ4v) is 5.07. The summed E-state index contributed by atoms with van der Waals surface area (Å²) < 4.78 is 1.40. The molecule has 2 aliphatic heterocycles. The minimum absolute atomic E-state index is 1.09. The van der Waals surface area contributed by atoms with Crippen molar-refractivity contribution in [3.05, 3.63) is 59.0 Å². The number of hydrogen-bond acceptors (Lipinski definition) is 4. The van der Waals surface area contributed by atoms with Crippen LogP contribution in [0.15, 0.2) is 47.8 Å². The monoisotopic (exact) mass is 363 g/mol. The van der Waals surface area contributed by atoms with E-state index >= 15 is 0 Å². The first-order valence-corrected chi connectivity index (χ1v) is 10.5. The zero-order valence-electron chi connectivity index (χ0n) is 15.1. The molecule has 134 valence electrons. The number of thiophene rings is 1. The maximum atomic E-state index is 3.45. The van der Waals surface area contributed by atoms with E-state index in [1.54, 1.807) is 0 Å². The van der Waals surface area contributed by atoms with Gasteiger partial charge in [-0.25, -0.2) is 0 Å². The molecule has 26 heavy (non-hydrogen) atoms. The van der Waals surface area contributed by atoms with Gasteiger partial charge in [0, 0.05) is 60.7 Å². The Morgan fingerprint density at radius 2 is 1.92 bits per heavy atom. The average Bonchev–Trinajstić information content (AvgIpc) is 3.35. The summed E-state index contributed by atoms with van der Waals surface area (Å²) in [5, 5.41) is 7.07. The Hall–Kier alpha value is -2.04. The molecule has 0 unspecified atom stereocenters. The zero-order chi connectivity index (χ0) is 17.3. The molecule has 2 aromatic carbocycles. The summed E-state index contributed by atoms with van der Waals surface area (Å²) in [6, 6.07) is 15.9. The largest absolute Gasteiger partial charge is 0.384 e. The lowest BCUT2D eigenvalue weighted by atomic mass is 10.1. The highest BCUT2D eigenvalue weighted by Gasteiger charge is 2.19. The van der Waals surface area contributed by atoms with Gasteiger partial charge in [0.15, 0.2) is 0 Å². The van der Waals surface area contributed by atoms with Gasteiger partial charge in [-0.2, -0.15) is 0 Å². The van der Waals surface area contributed by atoms with Gasteiger partial charge in [0.2, 0.25) is 0 Å². The summed E-state index contributed by atoms with van der Waals surface area (Å²) in [6.07, 6.45) is 2.34. The fraction of sp³-hybridized carbons (Fsp3) is 0.364. The van der Waals surface area contributed by atoms with Crippen molar-refractivity contribution in [1.82, 2.24) is 4.90 Å². The highest BCUT2D eigenvalue weighted by atomic mass is 32.1. The Morgan fingerprint density at radius 1 is 1.00 bits per heavy atom. The molecule has 0 atom stereocenters. The number of anilines is 2. The third-order valence-corrected chi connectivity index (χ3v) is 6.66. The quantitative estimate of drug-likeness (QED) is 0.748. The van der Waals surface area contributed by atoms with E-state index < -0.39 is 0 Å². The van der Waals surface area contributed by atoms with Crippen LogP contribution in [0.2, 0.25) is 0 Å². The molecule has 3 heterocycles. The topological polar surface area (TPSA) is 18.5 Å². The Bertz CT molecular complexity index is 909. The van der Waals surface area contributed by atoms with Crippen LogP contribution in [0.1, 0.15) is 11.1 Å². The summed E-state index contributed by atoms with van der Waals surface area (Å²) in [6.45, 7) is 6.84. The number of fused-ring (bicyclic) bond motifs is 2. The Morgan fingerprint density at radius 3 is 2.85 bits per heavy atom. The first-order chi connectivity index (χ1) is 12.9. The number of rotatable bonds is 4. The van der Waals surface area contributed by atoms with Crippen LogP contribution in [0, 0.1) is 0 Å². The standard InChI is InChI=1S/C22H25N3S/c1-2-21(19-8-15-26-22(19)3-1)25-13-11-24(12-14-25)10-7-17-4-5-20-18(16-17)6-9-23-20/h1-5,8,15-16,23H,6-7,9-14H2. The van der Waals surface area contributed by atoms with Crippen molar-refractivity contribution in [2.24, 2.45) is 0 Å². The number of nitrogens with one attached hydrogen (secondary N) is 1. The highest BCUT2D eigenvalue weighted by Crippen LogP contribution is 2.31. The Kier molecular flexibility index (Phi) is 4.31. The van der Waals surface area contributed by atoms with E-state index in [2.05, 4.69) is 63.0 Å². The smallest absolute Gasteiger partial charge is 0.0455 e. The first kappa shape index (κ1) is 16.2. The third kappa shape index (κ3) is 3.08. The van der Waals surface area contributed by atoms with Gasteiger partial charge in [0.1, 0.15) is 0 Å². The molecule has 0 aliphatic carbocycles. The number of hydrogen-bond donors (Lipinski definition) is 1. The minimum atomic E-state index is 1.09. The lowest BCUT2D eigenvalue weighted by molar-refractivity contribution is 0.261. The van der Waals surface area contributed by atoms with Crippen LogP contribution in [0.5, 0.6) is 0 Å².